The van der Waals surface area contributed by atoms with Gasteiger partial charge in [-0.3, -0.25) is 0 Å². The van der Waals surface area contributed by atoms with Gasteiger partial charge in [0, 0.05) is 38.9 Å². The van der Waals surface area contributed by atoms with Crippen molar-refractivity contribution in [2.75, 3.05) is 43.8 Å². The van der Waals surface area contributed by atoms with E-state index in [1.807, 2.05) is 13.8 Å². The zero-order valence-corrected chi connectivity index (χ0v) is 18.6. The van der Waals surface area contributed by atoms with Gasteiger partial charge in [-0.2, -0.15) is 8.61 Å². The van der Waals surface area contributed by atoms with Gasteiger partial charge in [-0.05, 0) is 38.8 Å². The zero-order chi connectivity index (χ0) is 21.1. The van der Waals surface area contributed by atoms with Crippen LogP contribution in [0.1, 0.15) is 33.1 Å². The van der Waals surface area contributed by atoms with Crippen LogP contribution in [0.15, 0.2) is 23.2 Å². The second-order valence-corrected chi connectivity index (χ2v) is 11.7. The SMILES string of the molecule is CC1CN(S(=O)(=O)CCNc2ccc(S(=O)(=O)N3CCCCC3)cn2)CC(C)O1. The molecule has 2 aliphatic heterocycles. The maximum absolute atomic E-state index is 12.6. The third kappa shape index (κ3) is 5.66. The largest absolute Gasteiger partial charge is 0.373 e. The highest BCUT2D eigenvalue weighted by atomic mass is 32.2. The molecule has 2 atom stereocenters. The minimum absolute atomic E-state index is 0.0675. The molecule has 2 fully saturated rings. The quantitative estimate of drug-likeness (QED) is 0.668. The molecule has 29 heavy (non-hydrogen) atoms. The maximum atomic E-state index is 12.6. The predicted octanol–water partition coefficient (Wildman–Crippen LogP) is 1.11. The van der Waals surface area contributed by atoms with Gasteiger partial charge in [0.1, 0.15) is 10.7 Å². The summed E-state index contributed by atoms with van der Waals surface area (Å²) in [6.07, 6.45) is 3.88. The van der Waals surface area contributed by atoms with E-state index in [1.165, 1.54) is 20.9 Å². The molecule has 1 aromatic heterocycles. The van der Waals surface area contributed by atoms with Crippen molar-refractivity contribution in [1.29, 1.82) is 0 Å². The molecule has 0 bridgehead atoms. The third-order valence-electron chi connectivity index (χ3n) is 5.13. The fourth-order valence-electron chi connectivity index (χ4n) is 3.69. The Bertz CT molecular complexity index is 873. The van der Waals surface area contributed by atoms with Crippen molar-refractivity contribution in [3.8, 4) is 0 Å². The molecule has 0 aromatic carbocycles. The Morgan fingerprint density at radius 1 is 1.03 bits per heavy atom. The molecule has 1 aromatic rings. The molecular weight excluding hydrogens is 416 g/mol. The molecule has 3 rings (SSSR count). The van der Waals surface area contributed by atoms with Crippen molar-refractivity contribution in [3.05, 3.63) is 18.3 Å². The van der Waals surface area contributed by atoms with Gasteiger partial charge in [0.15, 0.2) is 0 Å². The van der Waals surface area contributed by atoms with Gasteiger partial charge in [0.05, 0.1) is 18.0 Å². The summed E-state index contributed by atoms with van der Waals surface area (Å²) < 4.78 is 58.9. The normalized spacial score (nSPS) is 25.0. The van der Waals surface area contributed by atoms with E-state index in [-0.39, 0.29) is 29.4 Å². The van der Waals surface area contributed by atoms with Crippen molar-refractivity contribution in [3.63, 3.8) is 0 Å². The monoisotopic (exact) mass is 446 g/mol. The average Bonchev–Trinajstić information content (AvgIpc) is 2.68. The van der Waals surface area contributed by atoms with E-state index in [4.69, 9.17) is 4.74 Å². The molecule has 0 saturated carbocycles. The molecule has 1 N–H and O–H groups in total. The van der Waals surface area contributed by atoms with Crippen molar-refractivity contribution in [1.82, 2.24) is 13.6 Å². The first-order valence-electron chi connectivity index (χ1n) is 10.0. The summed E-state index contributed by atoms with van der Waals surface area (Å²) in [6.45, 7) is 5.70. The number of nitrogens with one attached hydrogen (secondary N) is 1. The molecule has 0 amide bonds. The van der Waals surface area contributed by atoms with Crippen LogP contribution in [-0.2, 0) is 24.8 Å². The predicted molar refractivity (Wildman–Crippen MR) is 111 cm³/mol. The number of nitrogens with zero attached hydrogens (tertiary/aromatic N) is 3. The van der Waals surface area contributed by atoms with Crippen LogP contribution in [0, 0.1) is 0 Å². The van der Waals surface area contributed by atoms with E-state index in [0.717, 1.165) is 19.3 Å². The minimum Gasteiger partial charge on any atom is -0.373 e. The standard InChI is InChI=1S/C18H30N4O5S2/c1-15-13-22(14-16(2)27-15)28(23,24)11-8-19-18-7-6-17(12-20-18)29(25,26)21-9-4-3-5-10-21/h6-7,12,15-16H,3-5,8-11,13-14H2,1-2H3,(H,19,20). The van der Waals surface area contributed by atoms with Crippen molar-refractivity contribution < 1.29 is 21.6 Å². The van der Waals surface area contributed by atoms with E-state index in [9.17, 15) is 16.8 Å². The Balaban J connectivity index is 1.55. The summed E-state index contributed by atoms with van der Waals surface area (Å²) in [6, 6.07) is 3.08. The number of hydrogen-bond acceptors (Lipinski definition) is 7. The fourth-order valence-corrected chi connectivity index (χ4v) is 6.64. The smallest absolute Gasteiger partial charge is 0.244 e. The minimum atomic E-state index is -3.52. The second-order valence-electron chi connectivity index (χ2n) is 7.66. The van der Waals surface area contributed by atoms with E-state index in [1.54, 1.807) is 6.07 Å². The summed E-state index contributed by atoms with van der Waals surface area (Å²) in [7, 11) is -6.92. The number of morpholine rings is 1. The topological polar surface area (TPSA) is 109 Å². The summed E-state index contributed by atoms with van der Waals surface area (Å²) in [5.74, 6) is 0.378. The summed E-state index contributed by atoms with van der Waals surface area (Å²) in [4.78, 5) is 4.31. The number of piperidine rings is 1. The van der Waals surface area contributed by atoms with Gasteiger partial charge < -0.3 is 10.1 Å². The average molecular weight is 447 g/mol. The Kier molecular flexibility index (Phi) is 7.15. The fraction of sp³-hybridized carbons (Fsp3) is 0.722. The van der Waals surface area contributed by atoms with Crippen molar-refractivity contribution in [2.45, 2.75) is 50.2 Å². The molecule has 11 heteroatoms. The lowest BCUT2D eigenvalue weighted by Crippen LogP contribution is -2.49. The summed E-state index contributed by atoms with van der Waals surface area (Å²) >= 11 is 0. The van der Waals surface area contributed by atoms with Gasteiger partial charge in [-0.1, -0.05) is 6.42 Å². The Hall–Kier alpha value is -1.27. The van der Waals surface area contributed by atoms with Crippen molar-refractivity contribution in [2.24, 2.45) is 0 Å². The number of pyridine rings is 1. The van der Waals surface area contributed by atoms with Crippen LogP contribution < -0.4 is 5.32 Å². The molecule has 2 saturated heterocycles. The maximum Gasteiger partial charge on any atom is 0.244 e. The van der Waals surface area contributed by atoms with Crippen LogP contribution in [0.3, 0.4) is 0 Å². The highest BCUT2D eigenvalue weighted by molar-refractivity contribution is 7.89. The number of rotatable bonds is 7. The molecule has 0 aliphatic carbocycles. The van der Waals surface area contributed by atoms with Gasteiger partial charge in [0.25, 0.3) is 0 Å². The highest BCUT2D eigenvalue weighted by Crippen LogP contribution is 2.21. The first-order valence-corrected chi connectivity index (χ1v) is 13.1. The number of aromatic nitrogens is 1. The molecule has 9 nitrogen and oxygen atoms in total. The number of anilines is 1. The molecule has 0 spiro atoms. The third-order valence-corrected chi connectivity index (χ3v) is 8.82. The second kappa shape index (κ2) is 9.25. The lowest BCUT2D eigenvalue weighted by atomic mass is 10.2. The van der Waals surface area contributed by atoms with E-state index in [0.29, 0.717) is 32.0 Å². The molecule has 0 radical (unpaired) electrons. The Morgan fingerprint density at radius 3 is 2.28 bits per heavy atom. The Morgan fingerprint density at radius 2 is 1.69 bits per heavy atom. The number of sulfonamides is 2. The molecule has 2 aliphatic rings. The van der Waals surface area contributed by atoms with Crippen LogP contribution in [0.4, 0.5) is 5.82 Å². The lowest BCUT2D eigenvalue weighted by molar-refractivity contribution is -0.0440. The van der Waals surface area contributed by atoms with E-state index < -0.39 is 20.0 Å². The molecule has 3 heterocycles. The summed E-state index contributed by atoms with van der Waals surface area (Å²) in [5.41, 5.74) is 0. The molecular formula is C18H30N4O5S2. The van der Waals surface area contributed by atoms with Crippen LogP contribution in [-0.4, -0.2) is 81.1 Å². The molecule has 164 valence electrons. The number of hydrogen-bond donors (Lipinski definition) is 1. The van der Waals surface area contributed by atoms with Crippen LogP contribution in [0.5, 0.6) is 0 Å². The lowest BCUT2D eigenvalue weighted by Gasteiger charge is -2.34. The van der Waals surface area contributed by atoms with Gasteiger partial charge in [0.2, 0.25) is 20.0 Å². The highest BCUT2D eigenvalue weighted by Gasteiger charge is 2.30. The molecule has 2 unspecified atom stereocenters. The van der Waals surface area contributed by atoms with Gasteiger partial charge in [-0.15, -0.1) is 0 Å². The first kappa shape index (κ1) is 22.4. The van der Waals surface area contributed by atoms with E-state index >= 15 is 0 Å². The van der Waals surface area contributed by atoms with Crippen molar-refractivity contribution >= 4 is 25.9 Å². The van der Waals surface area contributed by atoms with Crippen LogP contribution >= 0.6 is 0 Å². The van der Waals surface area contributed by atoms with Gasteiger partial charge in [-0.25, -0.2) is 21.8 Å². The number of ether oxygens (including phenoxy) is 1. The van der Waals surface area contributed by atoms with Crippen LogP contribution in [0.25, 0.3) is 0 Å². The zero-order valence-electron chi connectivity index (χ0n) is 17.0. The van der Waals surface area contributed by atoms with Gasteiger partial charge >= 0.3 is 0 Å². The summed E-state index contributed by atoms with van der Waals surface area (Å²) in [5, 5.41) is 2.96. The Labute approximate surface area is 173 Å². The first-order chi connectivity index (χ1) is 13.7. The van der Waals surface area contributed by atoms with E-state index in [2.05, 4.69) is 10.3 Å². The van der Waals surface area contributed by atoms with Crippen LogP contribution in [0.2, 0.25) is 0 Å².